The van der Waals surface area contributed by atoms with Gasteiger partial charge in [0.05, 0.1) is 29.0 Å². The van der Waals surface area contributed by atoms with Crippen LogP contribution in [0.15, 0.2) is 47.4 Å². The number of aliphatic hydroxyl groups is 1. The van der Waals surface area contributed by atoms with Gasteiger partial charge in [-0.3, -0.25) is 4.79 Å². The number of sulfone groups is 1. The number of hydrogen-bond donors (Lipinski definition) is 3. The van der Waals surface area contributed by atoms with E-state index in [9.17, 15) is 26.7 Å². The molecule has 0 aliphatic heterocycles. The van der Waals surface area contributed by atoms with Crippen molar-refractivity contribution in [2.45, 2.75) is 76.0 Å². The van der Waals surface area contributed by atoms with Gasteiger partial charge in [0, 0.05) is 0 Å². The van der Waals surface area contributed by atoms with Crippen molar-refractivity contribution < 1.29 is 26.7 Å². The van der Waals surface area contributed by atoms with Gasteiger partial charge in [0.1, 0.15) is 6.04 Å². The molecule has 37 heavy (non-hydrogen) atoms. The van der Waals surface area contributed by atoms with Gasteiger partial charge >= 0.3 is 0 Å². The van der Waals surface area contributed by atoms with Crippen molar-refractivity contribution in [3.05, 3.63) is 42.5 Å². The van der Waals surface area contributed by atoms with E-state index >= 15 is 0 Å². The minimum absolute atomic E-state index is 0.00628. The molecule has 0 heterocycles. The molecule has 8 nitrogen and oxygen atoms in total. The average molecular weight is 553 g/mol. The summed E-state index contributed by atoms with van der Waals surface area (Å²) >= 11 is 0. The van der Waals surface area contributed by atoms with E-state index in [4.69, 9.17) is 0 Å². The number of benzene rings is 2. The Balaban J connectivity index is 1.77. The molecule has 3 N–H and O–H groups in total. The van der Waals surface area contributed by atoms with Crippen molar-refractivity contribution in [2.24, 2.45) is 17.8 Å². The number of nitrogens with one attached hydrogen (secondary N) is 2. The Morgan fingerprint density at radius 1 is 1.05 bits per heavy atom. The van der Waals surface area contributed by atoms with Crippen LogP contribution in [0.3, 0.4) is 0 Å². The fraction of sp³-hybridized carbons (Fsp3) is 0.593. The first-order chi connectivity index (χ1) is 17.3. The lowest BCUT2D eigenvalue weighted by Crippen LogP contribution is -2.54. The number of aliphatic hydroxyl groups excluding tert-OH is 1. The highest BCUT2D eigenvalue weighted by atomic mass is 32.2. The van der Waals surface area contributed by atoms with Crippen molar-refractivity contribution in [3.63, 3.8) is 0 Å². The van der Waals surface area contributed by atoms with E-state index in [2.05, 4.69) is 23.9 Å². The second-order valence-corrected chi connectivity index (χ2v) is 14.5. The highest BCUT2D eigenvalue weighted by Crippen LogP contribution is 2.36. The standard InChI is InChI=1S/C27H40N2O6S2/c1-5-24(26(30)16-22-14-18(2)10-11-19(22)3)28-27(31)25(29-36(4,32)33)17-37(34,35)23-13-12-20-8-6-7-9-21(20)15-23/h6-9,12-13,15,18-19,22,24-26,29-30H,5,10-11,14,16-17H2,1-4H3,(H,28,31). The molecule has 0 saturated heterocycles. The maximum atomic E-state index is 13.2. The molecule has 10 heteroatoms. The molecule has 1 fully saturated rings. The number of fused-ring (bicyclic) bond motifs is 1. The van der Waals surface area contributed by atoms with Crippen LogP contribution in [0.4, 0.5) is 0 Å². The van der Waals surface area contributed by atoms with Crippen LogP contribution in [-0.2, 0) is 24.7 Å². The van der Waals surface area contributed by atoms with Crippen LogP contribution in [0, 0.1) is 17.8 Å². The van der Waals surface area contributed by atoms with Crippen LogP contribution < -0.4 is 10.0 Å². The molecule has 1 saturated carbocycles. The summed E-state index contributed by atoms with van der Waals surface area (Å²) in [5, 5.41) is 15.3. The minimum Gasteiger partial charge on any atom is -0.391 e. The zero-order valence-corrected chi connectivity index (χ0v) is 23.7. The summed E-state index contributed by atoms with van der Waals surface area (Å²) in [5.74, 6) is -0.111. The summed E-state index contributed by atoms with van der Waals surface area (Å²) in [7, 11) is -7.91. The Kier molecular flexibility index (Phi) is 9.77. The molecule has 0 radical (unpaired) electrons. The second-order valence-electron chi connectivity index (χ2n) is 10.7. The van der Waals surface area contributed by atoms with Gasteiger partial charge in [0.15, 0.2) is 9.84 Å². The first-order valence-corrected chi connectivity index (χ1v) is 16.5. The van der Waals surface area contributed by atoms with Crippen LogP contribution in [0.1, 0.15) is 52.9 Å². The molecule has 2 aromatic carbocycles. The number of rotatable bonds is 11. The lowest BCUT2D eigenvalue weighted by molar-refractivity contribution is -0.124. The summed E-state index contributed by atoms with van der Waals surface area (Å²) in [6.07, 6.45) is 4.32. The summed E-state index contributed by atoms with van der Waals surface area (Å²) in [5.41, 5.74) is 0. The van der Waals surface area contributed by atoms with Crippen molar-refractivity contribution in [1.29, 1.82) is 0 Å². The van der Waals surface area contributed by atoms with Crippen LogP contribution in [0.2, 0.25) is 0 Å². The Hall–Kier alpha value is -2.01. The first-order valence-electron chi connectivity index (χ1n) is 13.0. The molecule has 2 aromatic rings. The van der Waals surface area contributed by atoms with Gasteiger partial charge in [-0.25, -0.2) is 21.6 Å². The predicted molar refractivity (Wildman–Crippen MR) is 146 cm³/mol. The lowest BCUT2D eigenvalue weighted by Gasteiger charge is -2.36. The summed E-state index contributed by atoms with van der Waals surface area (Å²) in [6.45, 7) is 6.22. The Bertz CT molecular complexity index is 1290. The van der Waals surface area contributed by atoms with E-state index in [0.717, 1.165) is 29.9 Å². The van der Waals surface area contributed by atoms with Crippen LogP contribution in [-0.4, -0.2) is 58.0 Å². The largest absolute Gasteiger partial charge is 0.391 e. The third-order valence-electron chi connectivity index (χ3n) is 7.54. The van der Waals surface area contributed by atoms with Gasteiger partial charge in [0.25, 0.3) is 0 Å². The monoisotopic (exact) mass is 552 g/mol. The Labute approximate surface area is 221 Å². The highest BCUT2D eigenvalue weighted by Gasteiger charge is 2.34. The maximum Gasteiger partial charge on any atom is 0.239 e. The zero-order chi connectivity index (χ0) is 27.4. The van der Waals surface area contributed by atoms with Crippen molar-refractivity contribution in [1.82, 2.24) is 10.0 Å². The number of carbonyl (C=O) groups is 1. The average Bonchev–Trinajstić information content (AvgIpc) is 2.82. The topological polar surface area (TPSA) is 130 Å². The molecular weight excluding hydrogens is 512 g/mol. The molecule has 3 rings (SSSR count). The van der Waals surface area contributed by atoms with E-state index in [1.165, 1.54) is 18.6 Å². The van der Waals surface area contributed by atoms with Gasteiger partial charge in [0.2, 0.25) is 15.9 Å². The van der Waals surface area contributed by atoms with E-state index < -0.39 is 49.7 Å². The molecule has 0 spiro atoms. The maximum absolute atomic E-state index is 13.2. The van der Waals surface area contributed by atoms with Crippen molar-refractivity contribution in [2.75, 3.05) is 12.0 Å². The molecule has 6 unspecified atom stereocenters. The Morgan fingerprint density at radius 2 is 1.73 bits per heavy atom. The van der Waals surface area contributed by atoms with Crippen LogP contribution >= 0.6 is 0 Å². The molecule has 1 aliphatic carbocycles. The summed E-state index contributed by atoms with van der Waals surface area (Å²) in [6, 6.07) is 9.78. The number of amides is 1. The molecule has 0 bridgehead atoms. The number of hydrogen-bond acceptors (Lipinski definition) is 6. The molecular formula is C27H40N2O6S2. The minimum atomic E-state index is -4.02. The number of sulfonamides is 1. The summed E-state index contributed by atoms with van der Waals surface area (Å²) in [4.78, 5) is 13.2. The fourth-order valence-electron chi connectivity index (χ4n) is 5.30. The van der Waals surface area contributed by atoms with Gasteiger partial charge in [-0.15, -0.1) is 0 Å². The second kappa shape index (κ2) is 12.2. The highest BCUT2D eigenvalue weighted by molar-refractivity contribution is 7.91. The molecule has 6 atom stereocenters. The van der Waals surface area contributed by atoms with Crippen molar-refractivity contribution in [3.8, 4) is 0 Å². The van der Waals surface area contributed by atoms with Gasteiger partial charge in [-0.2, -0.15) is 0 Å². The molecule has 0 aromatic heterocycles. The van der Waals surface area contributed by atoms with Gasteiger partial charge in [-0.1, -0.05) is 63.9 Å². The molecule has 206 valence electrons. The smallest absolute Gasteiger partial charge is 0.239 e. The predicted octanol–water partition coefficient (Wildman–Crippen LogP) is 3.25. The van der Waals surface area contributed by atoms with E-state index in [1.807, 2.05) is 19.1 Å². The first kappa shape index (κ1) is 29.5. The normalized spacial score (nSPS) is 23.3. The van der Waals surface area contributed by atoms with E-state index in [1.54, 1.807) is 18.2 Å². The quantitative estimate of drug-likeness (QED) is 0.392. The summed E-state index contributed by atoms with van der Waals surface area (Å²) < 4.78 is 52.7. The van der Waals surface area contributed by atoms with E-state index in [0.29, 0.717) is 30.6 Å². The van der Waals surface area contributed by atoms with Gasteiger partial charge in [-0.05, 0) is 59.9 Å². The molecule has 1 aliphatic rings. The van der Waals surface area contributed by atoms with Gasteiger partial charge < -0.3 is 10.4 Å². The van der Waals surface area contributed by atoms with Crippen LogP contribution in [0.5, 0.6) is 0 Å². The SMILES string of the molecule is CCC(NC(=O)C(CS(=O)(=O)c1ccc2ccccc2c1)NS(C)(=O)=O)C(O)CC1CC(C)CCC1C. The van der Waals surface area contributed by atoms with Crippen LogP contribution in [0.25, 0.3) is 10.8 Å². The zero-order valence-electron chi connectivity index (χ0n) is 22.1. The third-order valence-corrected chi connectivity index (χ3v) is 10.00. The lowest BCUT2D eigenvalue weighted by atomic mass is 9.73. The molecule has 1 amide bonds. The van der Waals surface area contributed by atoms with E-state index in [-0.39, 0.29) is 4.90 Å². The Morgan fingerprint density at radius 3 is 2.38 bits per heavy atom. The fourth-order valence-corrected chi connectivity index (χ4v) is 7.57. The number of carbonyl (C=O) groups excluding carboxylic acids is 1. The third kappa shape index (κ3) is 8.24. The van der Waals surface area contributed by atoms with Crippen molar-refractivity contribution >= 4 is 36.5 Å².